The maximum atomic E-state index is 12.3. The molecule has 1 aliphatic heterocycles. The van der Waals surface area contributed by atoms with Gasteiger partial charge in [-0.05, 0) is 57.1 Å². The molecule has 0 radical (unpaired) electrons. The van der Waals surface area contributed by atoms with Crippen molar-refractivity contribution >= 4 is 11.7 Å². The molecule has 3 rings (SSSR count). The largest absolute Gasteiger partial charge is 0.366 e. The van der Waals surface area contributed by atoms with Gasteiger partial charge in [0.25, 0.3) is 0 Å². The van der Waals surface area contributed by atoms with E-state index in [1.807, 2.05) is 19.1 Å². The number of aryl methyl sites for hydroxylation is 1. The minimum Gasteiger partial charge on any atom is -0.366 e. The molecule has 1 spiro atoms. The lowest BCUT2D eigenvalue weighted by molar-refractivity contribution is -0.132. The molecule has 0 bridgehead atoms. The molecule has 2 fully saturated rings. The third-order valence-corrected chi connectivity index (χ3v) is 5.29. The Hall–Kier alpha value is -1.65. The summed E-state index contributed by atoms with van der Waals surface area (Å²) in [6, 6.07) is 4.42. The monoisotopic (exact) mass is 316 g/mol. The second kappa shape index (κ2) is 6.46. The zero-order chi connectivity index (χ0) is 16.4. The van der Waals surface area contributed by atoms with E-state index in [1.54, 1.807) is 0 Å². The molecule has 0 atom stereocenters. The molecule has 1 saturated heterocycles. The maximum Gasteiger partial charge on any atom is 0.223 e. The van der Waals surface area contributed by atoms with Gasteiger partial charge in [0.1, 0.15) is 5.82 Å². The lowest BCUT2D eigenvalue weighted by Gasteiger charge is -2.44. The van der Waals surface area contributed by atoms with Crippen LogP contribution in [0, 0.1) is 12.8 Å². The van der Waals surface area contributed by atoms with Crippen molar-refractivity contribution in [1.82, 2.24) is 15.1 Å². The predicted molar refractivity (Wildman–Crippen MR) is 91.2 cm³/mol. The first-order valence-corrected chi connectivity index (χ1v) is 8.86. The molecule has 23 heavy (non-hydrogen) atoms. The highest BCUT2D eigenvalue weighted by Crippen LogP contribution is 2.43. The van der Waals surface area contributed by atoms with Crippen LogP contribution >= 0.6 is 0 Å². The van der Waals surface area contributed by atoms with Crippen LogP contribution in [0.3, 0.4) is 0 Å². The van der Waals surface area contributed by atoms with Crippen molar-refractivity contribution < 1.29 is 4.79 Å². The van der Waals surface area contributed by atoms with Crippen LogP contribution in [0.15, 0.2) is 12.1 Å². The van der Waals surface area contributed by atoms with Crippen molar-refractivity contribution in [3.8, 4) is 0 Å². The average Bonchev–Trinajstić information content (AvgIpc) is 2.81. The molecular weight excluding hydrogens is 288 g/mol. The number of rotatable bonds is 4. The van der Waals surface area contributed by atoms with E-state index in [-0.39, 0.29) is 5.54 Å². The molecule has 2 aliphatic rings. The summed E-state index contributed by atoms with van der Waals surface area (Å²) in [4.78, 5) is 14.5. The van der Waals surface area contributed by atoms with Crippen LogP contribution in [0.25, 0.3) is 0 Å². The van der Waals surface area contributed by atoms with Crippen LogP contribution in [0.1, 0.15) is 58.1 Å². The number of aromatic nitrogens is 2. The van der Waals surface area contributed by atoms with E-state index in [0.717, 1.165) is 56.6 Å². The number of carbonyl (C=O) groups excluding carboxylic acids is 1. The van der Waals surface area contributed by atoms with Gasteiger partial charge in [-0.15, -0.1) is 5.10 Å². The van der Waals surface area contributed by atoms with E-state index in [9.17, 15) is 4.79 Å². The van der Waals surface area contributed by atoms with Gasteiger partial charge in [0.05, 0.1) is 5.69 Å². The van der Waals surface area contributed by atoms with E-state index >= 15 is 0 Å². The summed E-state index contributed by atoms with van der Waals surface area (Å²) in [6.07, 6.45) is 6.16. The van der Waals surface area contributed by atoms with E-state index in [2.05, 4.69) is 34.3 Å². The summed E-state index contributed by atoms with van der Waals surface area (Å²) in [5, 5.41) is 11.8. The van der Waals surface area contributed by atoms with Crippen LogP contribution < -0.4 is 5.32 Å². The number of hydrogen-bond donors (Lipinski definition) is 1. The van der Waals surface area contributed by atoms with Gasteiger partial charge in [0.2, 0.25) is 5.91 Å². The molecular formula is C18H28N4O. The fraction of sp³-hybridized carbons (Fsp3) is 0.722. The molecule has 1 saturated carbocycles. The van der Waals surface area contributed by atoms with Crippen molar-refractivity contribution in [2.24, 2.45) is 5.92 Å². The van der Waals surface area contributed by atoms with Gasteiger partial charge < -0.3 is 10.2 Å². The second-order valence-corrected chi connectivity index (χ2v) is 7.60. The van der Waals surface area contributed by atoms with Crippen molar-refractivity contribution in [3.63, 3.8) is 0 Å². The van der Waals surface area contributed by atoms with Gasteiger partial charge in [0.15, 0.2) is 0 Å². The highest BCUT2D eigenvalue weighted by Gasteiger charge is 2.46. The number of carbonyl (C=O) groups is 1. The van der Waals surface area contributed by atoms with Gasteiger partial charge in [-0.25, -0.2) is 0 Å². The van der Waals surface area contributed by atoms with Gasteiger partial charge in [-0.2, -0.15) is 5.10 Å². The fourth-order valence-corrected chi connectivity index (χ4v) is 4.04. The van der Waals surface area contributed by atoms with Crippen LogP contribution in [0.2, 0.25) is 0 Å². The van der Waals surface area contributed by atoms with Crippen molar-refractivity contribution in [1.29, 1.82) is 0 Å². The summed E-state index contributed by atoms with van der Waals surface area (Å²) >= 11 is 0. The van der Waals surface area contributed by atoms with Gasteiger partial charge in [0, 0.05) is 24.5 Å². The van der Waals surface area contributed by atoms with Crippen LogP contribution in [0.5, 0.6) is 0 Å². The third kappa shape index (κ3) is 3.48. The third-order valence-electron chi connectivity index (χ3n) is 5.29. The Balaban J connectivity index is 1.61. The summed E-state index contributed by atoms with van der Waals surface area (Å²) in [6.45, 7) is 7.24. The van der Waals surface area contributed by atoms with Gasteiger partial charge in [-0.1, -0.05) is 13.8 Å². The van der Waals surface area contributed by atoms with Gasteiger partial charge >= 0.3 is 0 Å². The minimum atomic E-state index is 0.123. The number of hydrogen-bond acceptors (Lipinski definition) is 4. The molecule has 1 aromatic rings. The summed E-state index contributed by atoms with van der Waals surface area (Å²) in [5.74, 6) is 1.75. The molecule has 1 aliphatic carbocycles. The first kappa shape index (κ1) is 16.2. The van der Waals surface area contributed by atoms with Gasteiger partial charge in [-0.3, -0.25) is 4.79 Å². The Bertz CT molecular complexity index is 547. The summed E-state index contributed by atoms with van der Waals surface area (Å²) < 4.78 is 0. The zero-order valence-electron chi connectivity index (χ0n) is 14.5. The van der Waals surface area contributed by atoms with E-state index in [0.29, 0.717) is 17.9 Å². The standard InChI is InChI=1S/C18H28N4O/c1-13(2)12-22-17(23)8-11-18(22)9-6-15(7-10-18)19-16-5-4-14(3)20-21-16/h4-5,13,15H,6-12H2,1-3H3,(H,19,21). The predicted octanol–water partition coefficient (Wildman–Crippen LogP) is 3.16. The van der Waals surface area contributed by atoms with Crippen LogP contribution in [-0.2, 0) is 4.79 Å². The SMILES string of the molecule is Cc1ccc(NC2CCC3(CCC(=O)N3CC(C)C)CC2)nn1. The lowest BCUT2D eigenvalue weighted by Crippen LogP contribution is -2.50. The number of amides is 1. The molecule has 2 heterocycles. The van der Waals surface area contributed by atoms with Crippen LogP contribution in [-0.4, -0.2) is 39.1 Å². The van der Waals surface area contributed by atoms with E-state index < -0.39 is 0 Å². The number of likely N-dealkylation sites (tertiary alicyclic amines) is 1. The summed E-state index contributed by atoms with van der Waals surface area (Å²) in [5.41, 5.74) is 1.06. The Labute approximate surface area is 138 Å². The Morgan fingerprint density at radius 3 is 2.61 bits per heavy atom. The highest BCUT2D eigenvalue weighted by atomic mass is 16.2. The quantitative estimate of drug-likeness (QED) is 0.927. The normalized spacial score (nSPS) is 27.9. The van der Waals surface area contributed by atoms with Crippen molar-refractivity contribution in [2.45, 2.75) is 70.9 Å². The number of nitrogens with one attached hydrogen (secondary N) is 1. The minimum absolute atomic E-state index is 0.123. The Morgan fingerprint density at radius 2 is 2.00 bits per heavy atom. The zero-order valence-corrected chi connectivity index (χ0v) is 14.5. The summed E-state index contributed by atoms with van der Waals surface area (Å²) in [7, 11) is 0. The Morgan fingerprint density at radius 1 is 1.26 bits per heavy atom. The smallest absolute Gasteiger partial charge is 0.223 e. The molecule has 5 nitrogen and oxygen atoms in total. The molecule has 1 N–H and O–H groups in total. The molecule has 1 amide bonds. The van der Waals surface area contributed by atoms with E-state index in [1.165, 1.54) is 0 Å². The molecule has 5 heteroatoms. The topological polar surface area (TPSA) is 58.1 Å². The average molecular weight is 316 g/mol. The van der Waals surface area contributed by atoms with Crippen LogP contribution in [0.4, 0.5) is 5.82 Å². The number of nitrogens with zero attached hydrogens (tertiary/aromatic N) is 3. The first-order valence-electron chi connectivity index (χ1n) is 8.86. The maximum absolute atomic E-state index is 12.3. The number of anilines is 1. The van der Waals surface area contributed by atoms with Crippen molar-refractivity contribution in [2.75, 3.05) is 11.9 Å². The molecule has 0 aromatic carbocycles. The highest BCUT2D eigenvalue weighted by molar-refractivity contribution is 5.79. The lowest BCUT2D eigenvalue weighted by atomic mass is 9.77. The fourth-order valence-electron chi connectivity index (χ4n) is 4.04. The molecule has 126 valence electrons. The van der Waals surface area contributed by atoms with Crippen molar-refractivity contribution in [3.05, 3.63) is 17.8 Å². The molecule has 1 aromatic heterocycles. The molecule has 0 unspecified atom stereocenters. The first-order chi connectivity index (χ1) is 11.0. The Kier molecular flexibility index (Phi) is 4.55. The second-order valence-electron chi connectivity index (χ2n) is 7.60. The van der Waals surface area contributed by atoms with E-state index in [4.69, 9.17) is 0 Å².